The number of halogens is 1. The van der Waals surface area contributed by atoms with Crippen LogP contribution in [0.5, 0.6) is 11.5 Å². The maximum atomic E-state index is 15.0. The number of aromatic nitrogens is 2. The summed E-state index contributed by atoms with van der Waals surface area (Å²) in [6.45, 7) is 28.0. The Kier molecular flexibility index (Phi) is 30.9. The number of rotatable bonds is 15. The summed E-state index contributed by atoms with van der Waals surface area (Å²) in [4.78, 5) is 136. The van der Waals surface area contributed by atoms with Gasteiger partial charge in [-0.1, -0.05) is 75.3 Å². The molecule has 15 rings (SSSR count). The fourth-order valence-corrected chi connectivity index (χ4v) is 23.0. The lowest BCUT2D eigenvalue weighted by atomic mass is 9.55. The van der Waals surface area contributed by atoms with Gasteiger partial charge in [-0.2, -0.15) is 0 Å². The summed E-state index contributed by atoms with van der Waals surface area (Å²) in [5, 5.41) is 138. The van der Waals surface area contributed by atoms with E-state index in [4.69, 9.17) is 43.4 Å². The number of aliphatic hydroxyl groups is 9. The van der Waals surface area contributed by atoms with Crippen LogP contribution in [-0.4, -0.2) is 337 Å². The van der Waals surface area contributed by atoms with Gasteiger partial charge in [-0.25, -0.2) is 14.0 Å². The number of nitrogens with zero attached hydrogens (tertiary/aromatic N) is 7. The number of nitrogens with one attached hydrogen (secondary N) is 1. The number of carbonyl (C=O) groups excluding carboxylic acids is 7. The number of β-lactam (4-membered cyclic amide) rings is 1. The third-order valence-corrected chi connectivity index (χ3v) is 30.7. The molecule has 41 heteroatoms. The summed E-state index contributed by atoms with van der Waals surface area (Å²) in [5.41, 5.74) is -4.31. The summed E-state index contributed by atoms with van der Waals surface area (Å²) >= 11 is 1.38. The first-order valence-corrected chi connectivity index (χ1v) is 46.7. The quantitative estimate of drug-likeness (QED) is 0.0372. The lowest BCUT2D eigenvalue weighted by molar-refractivity contribution is -0.318. The normalized spacial score (nSPS) is 35.5. The molecule has 0 spiro atoms. The summed E-state index contributed by atoms with van der Waals surface area (Å²) in [5.74, 6) is -16.0. The standard InChI is InChI=1S/C37H67NO13.C22H24N2O8.C19H19N3O5S.C18H20FN3O4/c1-14-25-37(10,45)30(41)20(4)27(39)18(2)16-35(8,44)32(51-34-28(40)24(38(11)12)15-19(3)47-34)21(5)29(22(6)33(43)49-25)50-26-17-36(9,46-13)31(42)23(7)48-26;1-21(31)8-5-4-6-11(25)12(8)16(26)13-9(21)7-10-15(24(2)3)17(27)14(20(23)30)19(29)22(10,32)18(13)28;1-9-11(12(21-27-9)10-7-5-4-6-8-10)15(23)20-13-16(24)22-14(18(25)26)19(2,3)28-17(13)22;1-10-9-26-17-14-11(16(23)12(18(24)25)8-22(10)14)7-13(19)15(17)21-5-3-20(2)4-6-21/h18-26,28-32,34,40-42,44-45H,14-17H2,1-13H3;4-6,9-10,15,25,27-28,31-32H,7H2,1-3H3,(H2,23,30);4-8,13-14,17H,1-3H3,(H,20,23)(H,25,26);7-8,10H,3-6,9H2,1-2H3,(H,24,25)/t18-,19-,20+,21+,22-,23+,24+,25-,26+,28-,29+,30-,31+,32-,34+,35-,36-,37-;9-,10-,15-,21+,22-;13-,14+,17-;/m101./s1. The van der Waals surface area contributed by atoms with Gasteiger partial charge in [-0.15, -0.1) is 11.8 Å². The van der Waals surface area contributed by atoms with Crippen LogP contribution >= 0.6 is 11.8 Å². The number of carboxylic acids is 2. The second-order valence-corrected chi connectivity index (χ2v) is 41.5. The molecule has 7 aliphatic heterocycles. The maximum absolute atomic E-state index is 15.0. The molecule has 3 aromatic carbocycles. The van der Waals surface area contributed by atoms with E-state index in [0.717, 1.165) is 24.7 Å². The van der Waals surface area contributed by atoms with Gasteiger partial charge in [0.25, 0.3) is 11.8 Å². The number of anilines is 1. The summed E-state index contributed by atoms with van der Waals surface area (Å²) in [6.07, 6.45) is -8.57. The summed E-state index contributed by atoms with van der Waals surface area (Å²) < 4.78 is 64.2. The van der Waals surface area contributed by atoms with E-state index >= 15 is 0 Å². The Morgan fingerprint density at radius 1 is 0.803 bits per heavy atom. The zero-order valence-electron chi connectivity index (χ0n) is 80.8. The number of thioether (sulfide) groups is 1. The van der Waals surface area contributed by atoms with Crippen LogP contribution < -0.4 is 26.1 Å². The number of cyclic esters (lactones) is 1. The van der Waals surface area contributed by atoms with Crippen LogP contribution in [-0.2, 0) is 62.8 Å². The second-order valence-electron chi connectivity index (χ2n) is 39.8. The number of esters is 1. The molecular formula is C96H130FN9O30S. The number of primary amides is 1. The molecule has 15 N–H and O–H groups in total. The zero-order chi connectivity index (χ0) is 102. The van der Waals surface area contributed by atoms with Crippen LogP contribution in [0.4, 0.5) is 10.1 Å². The number of aromatic hydroxyl groups is 1. The SMILES string of the molecule is CC1COc2c(N3CCN(C)CC3)c(F)cc3c(=O)c(C(=O)O)cn1c23.CC[C@H]1OC(=O)[C@H](C)[C@@H](O[C@H]2C[C@@](C)(OC)[C@@H](O)[C@H](C)O2)[C@H](C)[C@@H](O[C@@H]2O[C@H](C)C[C@H](N(C)C)[C@H]2O)[C@](C)(O)C[C@@H](C)C(=O)[C@H](C)[C@@H](O)[C@]1(C)O.CN(C)[C@@H]1C(O)=C(C(N)=O)C(=O)[C@@]2(O)C(O)=C3C(=O)c4c(O)cccc4[C@@](C)(O)[C@H]3C[C@@H]12.Cc1onc(-c2ccccc2)c1C(=O)N[C@@H]1C(=O)N2[C@@H]1SC(C)(C)[C@@H]2C(=O)O. The predicted molar refractivity (Wildman–Crippen MR) is 492 cm³/mol. The van der Waals surface area contributed by atoms with Gasteiger partial charge in [-0.05, 0) is 155 Å². The third-order valence-electron chi connectivity index (χ3n) is 29.1. The molecule has 27 atom stereocenters. The van der Waals surface area contributed by atoms with Crippen molar-refractivity contribution in [2.75, 3.05) is 80.0 Å². The topological polar surface area (TPSA) is 563 Å². The smallest absolute Gasteiger partial charge is 0.341 e. The number of methoxy groups -OCH3 is 1. The number of carbonyl (C=O) groups is 9. The van der Waals surface area contributed by atoms with Crippen molar-refractivity contribution < 1.29 is 147 Å². The fraction of sp³-hybridized carbons (Fsp3) is 0.615. The number of aryl methyl sites for hydroxylation is 1. The van der Waals surface area contributed by atoms with Gasteiger partial charge in [0.05, 0.1) is 81.8 Å². The van der Waals surface area contributed by atoms with Crippen molar-refractivity contribution in [3.05, 3.63) is 128 Å². The Labute approximate surface area is 795 Å². The highest BCUT2D eigenvalue weighted by Crippen LogP contribution is 2.58. The van der Waals surface area contributed by atoms with Gasteiger partial charge in [0.15, 0.2) is 35.5 Å². The number of hydrogen-bond donors (Lipinski definition) is 14. The van der Waals surface area contributed by atoms with Crippen molar-refractivity contribution in [3.63, 3.8) is 0 Å². The minimum absolute atomic E-state index is 0.0434. The van der Waals surface area contributed by atoms with Crippen LogP contribution in [0.3, 0.4) is 0 Å². The average molecular weight is 1940 g/mol. The van der Waals surface area contributed by atoms with Crippen molar-refractivity contribution in [2.45, 2.75) is 266 Å². The average Bonchev–Trinajstić information content (AvgIpc) is 1.66. The van der Waals surface area contributed by atoms with E-state index in [0.29, 0.717) is 47.9 Å². The number of ketones is 3. The summed E-state index contributed by atoms with van der Waals surface area (Å²) in [6, 6.07) is 11.2. The Morgan fingerprint density at radius 2 is 1.45 bits per heavy atom. The number of hydrogen-bond acceptors (Lipinski definition) is 34. The first-order chi connectivity index (χ1) is 63.8. The highest BCUT2D eigenvalue weighted by molar-refractivity contribution is 8.01. The van der Waals surface area contributed by atoms with Gasteiger partial charge in [0.2, 0.25) is 17.1 Å². The molecular weight excluding hydrogens is 1810 g/mol. The Bertz CT molecular complexity index is 5600. The third kappa shape index (κ3) is 19.4. The van der Waals surface area contributed by atoms with Crippen LogP contribution in [0, 0.1) is 48.2 Å². The number of phenols is 1. The lowest BCUT2D eigenvalue weighted by Gasteiger charge is -2.52. The number of aromatic carboxylic acids is 1. The number of piperazine rings is 1. The molecule has 39 nitrogen and oxygen atoms in total. The van der Waals surface area contributed by atoms with Gasteiger partial charge >= 0.3 is 17.9 Å². The molecule has 137 heavy (non-hydrogen) atoms. The highest BCUT2D eigenvalue weighted by atomic mass is 32.2. The van der Waals surface area contributed by atoms with Crippen molar-refractivity contribution in [2.24, 2.45) is 41.2 Å². The second kappa shape index (κ2) is 40.0. The Balaban J connectivity index is 0.000000170. The largest absolute Gasteiger partial charge is 0.510 e. The molecule has 10 aliphatic rings. The number of benzene rings is 3. The number of Topliss-reactive ketones (excluding diaryl/α,β-unsaturated/α-hetero) is 3. The number of phenolic OH excluding ortho intramolecular Hbond substituents is 1. The minimum atomic E-state index is -2.75. The Morgan fingerprint density at radius 3 is 2.04 bits per heavy atom. The Hall–Kier alpha value is -9.93. The number of pyridine rings is 1. The molecule has 5 aromatic rings. The predicted octanol–water partition coefficient (Wildman–Crippen LogP) is 5.01. The molecule has 3 aliphatic carbocycles. The van der Waals surface area contributed by atoms with Gasteiger partial charge in [0.1, 0.15) is 105 Å². The van der Waals surface area contributed by atoms with Crippen LogP contribution in [0.2, 0.25) is 0 Å². The first kappa shape index (κ1) is 106. The number of carboxylic acid groups (broad SMARTS) is 2. The zero-order valence-corrected chi connectivity index (χ0v) is 81.6. The molecule has 6 fully saturated rings. The number of amides is 3. The van der Waals surface area contributed by atoms with E-state index in [1.165, 1.54) is 94.9 Å². The van der Waals surface area contributed by atoms with E-state index in [1.54, 1.807) is 66.9 Å². The van der Waals surface area contributed by atoms with E-state index in [9.17, 15) is 114 Å². The molecule has 6 saturated heterocycles. The summed E-state index contributed by atoms with van der Waals surface area (Å²) in [7, 11) is 10.3. The van der Waals surface area contributed by atoms with Crippen molar-refractivity contribution >= 4 is 81.3 Å². The number of ether oxygens (including phenoxy) is 7. The molecule has 0 bridgehead atoms. The van der Waals surface area contributed by atoms with Crippen molar-refractivity contribution in [3.8, 4) is 22.8 Å². The maximum Gasteiger partial charge on any atom is 0.341 e. The van der Waals surface area contributed by atoms with Gasteiger partial charge in [0, 0.05) is 97.4 Å². The van der Waals surface area contributed by atoms with Crippen molar-refractivity contribution in [1.82, 2.24) is 34.6 Å². The van der Waals surface area contributed by atoms with E-state index in [-0.39, 0.29) is 84.0 Å². The van der Waals surface area contributed by atoms with Crippen molar-refractivity contribution in [1.29, 1.82) is 0 Å². The molecule has 752 valence electrons. The first-order valence-electron chi connectivity index (χ1n) is 45.8. The van der Waals surface area contributed by atoms with Gasteiger partial charge < -0.3 is 134 Å². The van der Waals surface area contributed by atoms with E-state index in [1.807, 2.05) is 75.1 Å². The number of aliphatic hydroxyl groups excluding tert-OH is 5. The number of aliphatic carboxylic acids is 1. The monoisotopic (exact) mass is 1940 g/mol. The van der Waals surface area contributed by atoms with Crippen LogP contribution in [0.15, 0.2) is 92.8 Å². The molecule has 1 unspecified atom stereocenters. The van der Waals surface area contributed by atoms with Crippen LogP contribution in [0.1, 0.15) is 177 Å². The van der Waals surface area contributed by atoms with Crippen LogP contribution in [0.25, 0.3) is 22.2 Å². The minimum Gasteiger partial charge on any atom is -0.510 e. The van der Waals surface area contributed by atoms with E-state index in [2.05, 4.69) is 15.4 Å². The lowest BCUT2D eigenvalue weighted by Crippen LogP contribution is -2.70. The molecule has 9 heterocycles. The number of likely N-dealkylation sites (N-methyl/N-ethyl adjacent to an activating group) is 3. The number of fused-ring (bicyclic) bond motifs is 4. The highest BCUT2D eigenvalue weighted by Gasteiger charge is 2.68. The molecule has 2 aromatic heterocycles. The molecule has 0 saturated carbocycles. The molecule has 3 amide bonds. The fourth-order valence-electron chi connectivity index (χ4n) is 21.4. The molecule has 0 radical (unpaired) electrons. The van der Waals surface area contributed by atoms with Gasteiger partial charge in [-0.3, -0.25) is 43.3 Å². The number of nitrogens with two attached hydrogens (primary N) is 1. The van der Waals surface area contributed by atoms with E-state index < -0.39 is 234 Å².